The van der Waals surface area contributed by atoms with Gasteiger partial charge in [-0.05, 0) is 37.1 Å². The van der Waals surface area contributed by atoms with Crippen molar-refractivity contribution in [1.29, 1.82) is 0 Å². The summed E-state index contributed by atoms with van der Waals surface area (Å²) in [4.78, 5) is 7.00. The molecule has 2 nitrogen and oxygen atoms in total. The Morgan fingerprint density at radius 3 is 2.94 bits per heavy atom. The molecule has 1 aliphatic rings. The first-order valence-electron chi connectivity index (χ1n) is 6.34. The van der Waals surface area contributed by atoms with Gasteiger partial charge in [0.05, 0.1) is 5.69 Å². The summed E-state index contributed by atoms with van der Waals surface area (Å²) in [5, 5.41) is 0. The number of aromatic nitrogens is 1. The molecule has 2 heteroatoms. The highest BCUT2D eigenvalue weighted by atomic mass is 15.1. The molecule has 0 atom stereocenters. The van der Waals surface area contributed by atoms with Crippen molar-refractivity contribution < 1.29 is 0 Å². The molecule has 0 bridgehead atoms. The lowest BCUT2D eigenvalue weighted by molar-refractivity contribution is 0.321. The van der Waals surface area contributed by atoms with Crippen molar-refractivity contribution in [2.75, 3.05) is 19.6 Å². The highest BCUT2D eigenvalue weighted by Crippen LogP contribution is 2.19. The molecule has 17 heavy (non-hydrogen) atoms. The second-order valence-electron chi connectivity index (χ2n) is 4.36. The molecule has 0 radical (unpaired) electrons. The Morgan fingerprint density at radius 1 is 1.41 bits per heavy atom. The van der Waals surface area contributed by atoms with Crippen LogP contribution in [0, 0.1) is 0 Å². The van der Waals surface area contributed by atoms with Crippen molar-refractivity contribution >= 4 is 11.6 Å². The largest absolute Gasteiger partial charge is 0.299 e. The molecule has 1 aromatic heterocycles. The maximum absolute atomic E-state index is 4.54. The summed E-state index contributed by atoms with van der Waals surface area (Å²) < 4.78 is 0. The molecule has 0 fully saturated rings. The van der Waals surface area contributed by atoms with Crippen molar-refractivity contribution in [3.05, 3.63) is 41.7 Å². The maximum atomic E-state index is 4.54. The Morgan fingerprint density at radius 2 is 2.29 bits per heavy atom. The summed E-state index contributed by atoms with van der Waals surface area (Å²) >= 11 is 0. The van der Waals surface area contributed by atoms with Crippen LogP contribution in [0.3, 0.4) is 0 Å². The van der Waals surface area contributed by atoms with Gasteiger partial charge in [0.15, 0.2) is 0 Å². The lowest BCUT2D eigenvalue weighted by Crippen LogP contribution is -2.29. The first-order valence-corrected chi connectivity index (χ1v) is 6.34. The van der Waals surface area contributed by atoms with Gasteiger partial charge in [-0.1, -0.05) is 31.2 Å². The van der Waals surface area contributed by atoms with Crippen molar-refractivity contribution in [2.24, 2.45) is 0 Å². The van der Waals surface area contributed by atoms with E-state index < -0.39 is 0 Å². The Bertz CT molecular complexity index is 415. The smallest absolute Gasteiger partial charge is 0.0671 e. The van der Waals surface area contributed by atoms with Crippen LogP contribution in [-0.2, 0) is 0 Å². The number of allylic oxidation sites excluding steroid dienone is 1. The number of pyridine rings is 1. The molecule has 2 rings (SSSR count). The lowest BCUT2D eigenvalue weighted by Gasteiger charge is -2.25. The highest BCUT2D eigenvalue weighted by Gasteiger charge is 2.12. The molecule has 0 N–H and O–H groups in total. The fourth-order valence-corrected chi connectivity index (χ4v) is 2.15. The van der Waals surface area contributed by atoms with E-state index in [1.807, 2.05) is 19.2 Å². The third-order valence-electron chi connectivity index (χ3n) is 3.15. The van der Waals surface area contributed by atoms with E-state index in [4.69, 9.17) is 0 Å². The summed E-state index contributed by atoms with van der Waals surface area (Å²) in [6, 6.07) is 4.26. The van der Waals surface area contributed by atoms with Gasteiger partial charge in [-0.15, -0.1) is 0 Å². The summed E-state index contributed by atoms with van der Waals surface area (Å²) in [5.74, 6) is 0. The monoisotopic (exact) mass is 228 g/mol. The minimum Gasteiger partial charge on any atom is -0.299 e. The number of likely N-dealkylation sites (N-methyl/N-ethyl adjacent to an activating group) is 1. The molecule has 0 aromatic carbocycles. The minimum absolute atomic E-state index is 1.03. The SMILES string of the molecule is CC=Cc1ccc(C2=CCCN(CC)C2)nc1. The number of nitrogens with zero attached hydrogens (tertiary/aromatic N) is 2. The van der Waals surface area contributed by atoms with Crippen molar-refractivity contribution in [1.82, 2.24) is 9.88 Å². The molecular formula is C15H20N2. The fraction of sp³-hybridized carbons (Fsp3) is 0.400. The van der Waals surface area contributed by atoms with Gasteiger partial charge in [0.1, 0.15) is 0 Å². The lowest BCUT2D eigenvalue weighted by atomic mass is 10.1. The molecule has 2 heterocycles. The van der Waals surface area contributed by atoms with E-state index in [9.17, 15) is 0 Å². The van der Waals surface area contributed by atoms with E-state index in [1.165, 1.54) is 17.7 Å². The van der Waals surface area contributed by atoms with E-state index >= 15 is 0 Å². The zero-order valence-electron chi connectivity index (χ0n) is 10.7. The number of hydrogen-bond acceptors (Lipinski definition) is 2. The van der Waals surface area contributed by atoms with Gasteiger partial charge < -0.3 is 0 Å². The van der Waals surface area contributed by atoms with Gasteiger partial charge in [-0.2, -0.15) is 0 Å². The fourth-order valence-electron chi connectivity index (χ4n) is 2.15. The average molecular weight is 228 g/mol. The summed E-state index contributed by atoms with van der Waals surface area (Å²) in [5.41, 5.74) is 3.65. The highest BCUT2D eigenvalue weighted by molar-refractivity contribution is 5.65. The molecule has 0 saturated carbocycles. The van der Waals surface area contributed by atoms with Gasteiger partial charge in [-0.3, -0.25) is 9.88 Å². The average Bonchev–Trinajstić information content (AvgIpc) is 2.40. The van der Waals surface area contributed by atoms with Crippen molar-refractivity contribution in [3.63, 3.8) is 0 Å². The molecule has 0 unspecified atom stereocenters. The Hall–Kier alpha value is -1.41. The molecule has 0 spiro atoms. The van der Waals surface area contributed by atoms with Crippen LogP contribution in [-0.4, -0.2) is 29.5 Å². The van der Waals surface area contributed by atoms with E-state index in [1.54, 1.807) is 0 Å². The Labute approximate surface area is 104 Å². The van der Waals surface area contributed by atoms with Gasteiger partial charge in [0.2, 0.25) is 0 Å². The standard InChI is InChI=1S/C15H20N2/c1-3-6-13-8-9-15(16-11-13)14-7-5-10-17(4-2)12-14/h3,6-9,11H,4-5,10,12H2,1-2H3. The third kappa shape index (κ3) is 3.04. The van der Waals surface area contributed by atoms with Crippen LogP contribution in [0.4, 0.5) is 0 Å². The quantitative estimate of drug-likeness (QED) is 0.789. The Kier molecular flexibility index (Phi) is 4.10. The van der Waals surface area contributed by atoms with Crippen LogP contribution in [0.1, 0.15) is 31.5 Å². The normalized spacial score (nSPS) is 17.4. The van der Waals surface area contributed by atoms with E-state index in [0.29, 0.717) is 0 Å². The van der Waals surface area contributed by atoms with Crippen molar-refractivity contribution in [3.8, 4) is 0 Å². The molecule has 1 aliphatic heterocycles. The summed E-state index contributed by atoms with van der Waals surface area (Å²) in [7, 11) is 0. The summed E-state index contributed by atoms with van der Waals surface area (Å²) in [6.07, 6.45) is 9.52. The zero-order valence-corrected chi connectivity index (χ0v) is 10.7. The third-order valence-corrected chi connectivity index (χ3v) is 3.15. The van der Waals surface area contributed by atoms with Gasteiger partial charge in [-0.25, -0.2) is 0 Å². The van der Waals surface area contributed by atoms with E-state index in [2.05, 4.69) is 41.1 Å². The second kappa shape index (κ2) is 5.78. The predicted octanol–water partition coefficient (Wildman–Crippen LogP) is 3.22. The first-order chi connectivity index (χ1) is 8.33. The van der Waals surface area contributed by atoms with Gasteiger partial charge in [0.25, 0.3) is 0 Å². The van der Waals surface area contributed by atoms with Gasteiger partial charge in [0, 0.05) is 19.3 Å². The van der Waals surface area contributed by atoms with Crippen LogP contribution in [0.5, 0.6) is 0 Å². The minimum atomic E-state index is 1.03. The second-order valence-corrected chi connectivity index (χ2v) is 4.36. The van der Waals surface area contributed by atoms with E-state index in [-0.39, 0.29) is 0 Å². The van der Waals surface area contributed by atoms with Gasteiger partial charge >= 0.3 is 0 Å². The molecular weight excluding hydrogens is 208 g/mol. The Balaban J connectivity index is 2.14. The predicted molar refractivity (Wildman–Crippen MR) is 73.7 cm³/mol. The van der Waals surface area contributed by atoms with Crippen LogP contribution in [0.2, 0.25) is 0 Å². The van der Waals surface area contributed by atoms with Crippen LogP contribution in [0.25, 0.3) is 11.6 Å². The number of hydrogen-bond donors (Lipinski definition) is 0. The van der Waals surface area contributed by atoms with Crippen LogP contribution < -0.4 is 0 Å². The van der Waals surface area contributed by atoms with Crippen molar-refractivity contribution in [2.45, 2.75) is 20.3 Å². The molecule has 0 saturated heterocycles. The molecule has 1 aromatic rings. The topological polar surface area (TPSA) is 16.1 Å². The first kappa shape index (κ1) is 12.1. The number of rotatable bonds is 3. The summed E-state index contributed by atoms with van der Waals surface area (Å²) in [6.45, 7) is 7.57. The molecule has 0 amide bonds. The molecule has 90 valence electrons. The zero-order chi connectivity index (χ0) is 12.1. The van der Waals surface area contributed by atoms with Crippen LogP contribution in [0.15, 0.2) is 30.5 Å². The van der Waals surface area contributed by atoms with E-state index in [0.717, 1.165) is 25.2 Å². The maximum Gasteiger partial charge on any atom is 0.0671 e. The molecule has 0 aliphatic carbocycles. The van der Waals surface area contributed by atoms with Crippen LogP contribution >= 0.6 is 0 Å².